The van der Waals surface area contributed by atoms with Crippen LogP contribution in [0.2, 0.25) is 0 Å². The van der Waals surface area contributed by atoms with Gasteiger partial charge in [-0.15, -0.1) is 0 Å². The fourth-order valence-corrected chi connectivity index (χ4v) is 2.90. The number of ether oxygens (including phenoxy) is 1. The zero-order valence-corrected chi connectivity index (χ0v) is 16.7. The molecular weight excluding hydrogens is 296 g/mol. The average molecular weight is 333 g/mol. The van der Waals surface area contributed by atoms with Crippen LogP contribution in [0.5, 0.6) is 0 Å². The van der Waals surface area contributed by atoms with Gasteiger partial charge in [-0.3, -0.25) is 0 Å². The maximum atomic E-state index is 12.3. The molecule has 0 saturated heterocycles. The Bertz CT molecular complexity index is 523. The van der Waals surface area contributed by atoms with Crippen molar-refractivity contribution in [2.75, 3.05) is 6.61 Å². The summed E-state index contributed by atoms with van der Waals surface area (Å²) in [6, 6.07) is 8.05. The number of hydrogen-bond donors (Lipinski definition) is 0. The van der Waals surface area contributed by atoms with Gasteiger partial charge in [0, 0.05) is 0 Å². The Morgan fingerprint density at radius 3 is 2.33 bits per heavy atom. The molecule has 0 N–H and O–H groups in total. The lowest BCUT2D eigenvalue weighted by Crippen LogP contribution is -2.25. The van der Waals surface area contributed by atoms with E-state index in [-0.39, 0.29) is 16.8 Å². The van der Waals surface area contributed by atoms with Crippen LogP contribution in [0.4, 0.5) is 0 Å². The van der Waals surface area contributed by atoms with Gasteiger partial charge in [-0.2, -0.15) is 0 Å². The number of carbonyl (C=O) groups is 1. The molecule has 2 nitrogen and oxygen atoms in total. The van der Waals surface area contributed by atoms with Gasteiger partial charge in [-0.05, 0) is 47.3 Å². The molecule has 0 spiro atoms. The Morgan fingerprint density at radius 2 is 1.79 bits per heavy atom. The first-order chi connectivity index (χ1) is 11.1. The van der Waals surface area contributed by atoms with E-state index in [9.17, 15) is 4.79 Å². The van der Waals surface area contributed by atoms with Crippen molar-refractivity contribution < 1.29 is 9.53 Å². The second-order valence-corrected chi connectivity index (χ2v) is 8.76. The standard InChI is InChI=1S/C22H36O2/c1-8-10-14-24-20(23)18-13-11-12-17(15-18)19(21(3,4)5)16-22(6,7)9-2/h11-13,15,19H,8-10,14,16H2,1-7H3. The first-order valence-electron chi connectivity index (χ1n) is 9.38. The minimum atomic E-state index is -0.201. The second-order valence-electron chi connectivity index (χ2n) is 8.76. The lowest BCUT2D eigenvalue weighted by atomic mass is 9.68. The maximum Gasteiger partial charge on any atom is 0.338 e. The normalized spacial score (nSPS) is 13.6. The first kappa shape index (κ1) is 20.7. The molecule has 136 valence electrons. The predicted molar refractivity (Wildman–Crippen MR) is 103 cm³/mol. The molecular formula is C22H36O2. The van der Waals surface area contributed by atoms with E-state index < -0.39 is 0 Å². The SMILES string of the molecule is CCCCOC(=O)c1cccc(C(CC(C)(C)CC)C(C)(C)C)c1. The molecule has 0 heterocycles. The van der Waals surface area contributed by atoms with E-state index >= 15 is 0 Å². The smallest absolute Gasteiger partial charge is 0.338 e. The van der Waals surface area contributed by atoms with Crippen LogP contribution in [-0.4, -0.2) is 12.6 Å². The summed E-state index contributed by atoms with van der Waals surface area (Å²) < 4.78 is 5.37. The molecule has 1 aromatic carbocycles. The number of carbonyl (C=O) groups excluding carboxylic acids is 1. The van der Waals surface area contributed by atoms with E-state index in [1.54, 1.807) is 0 Å². The Balaban J connectivity index is 3.03. The van der Waals surface area contributed by atoms with E-state index in [4.69, 9.17) is 4.74 Å². The number of esters is 1. The van der Waals surface area contributed by atoms with Gasteiger partial charge in [-0.1, -0.05) is 73.4 Å². The molecule has 0 aliphatic heterocycles. The molecule has 0 aliphatic rings. The first-order valence-corrected chi connectivity index (χ1v) is 9.38. The summed E-state index contributed by atoms with van der Waals surface area (Å²) in [6.07, 6.45) is 4.21. The highest BCUT2D eigenvalue weighted by molar-refractivity contribution is 5.89. The third-order valence-electron chi connectivity index (χ3n) is 5.01. The van der Waals surface area contributed by atoms with Crippen molar-refractivity contribution in [3.8, 4) is 0 Å². The number of rotatable bonds is 8. The van der Waals surface area contributed by atoms with Crippen LogP contribution in [0.25, 0.3) is 0 Å². The molecule has 0 radical (unpaired) electrons. The molecule has 0 amide bonds. The van der Waals surface area contributed by atoms with E-state index in [2.05, 4.69) is 54.5 Å². The fourth-order valence-electron chi connectivity index (χ4n) is 2.90. The van der Waals surface area contributed by atoms with E-state index in [0.29, 0.717) is 18.1 Å². The fraction of sp³-hybridized carbons (Fsp3) is 0.682. The van der Waals surface area contributed by atoms with Gasteiger partial charge in [0.1, 0.15) is 0 Å². The highest BCUT2D eigenvalue weighted by Crippen LogP contribution is 2.44. The van der Waals surface area contributed by atoms with E-state index in [1.165, 1.54) is 5.56 Å². The van der Waals surface area contributed by atoms with Gasteiger partial charge in [0.05, 0.1) is 12.2 Å². The molecule has 1 aromatic rings. The Kier molecular flexibility index (Phi) is 7.51. The van der Waals surface area contributed by atoms with E-state index in [1.807, 2.05) is 18.2 Å². The molecule has 0 aliphatic carbocycles. The Morgan fingerprint density at radius 1 is 1.12 bits per heavy atom. The van der Waals surface area contributed by atoms with Crippen molar-refractivity contribution in [2.24, 2.45) is 10.8 Å². The highest BCUT2D eigenvalue weighted by atomic mass is 16.5. The molecule has 24 heavy (non-hydrogen) atoms. The van der Waals surface area contributed by atoms with Crippen LogP contribution in [0.3, 0.4) is 0 Å². The lowest BCUT2D eigenvalue weighted by molar-refractivity contribution is 0.0499. The molecule has 0 bridgehead atoms. The third kappa shape index (κ3) is 6.30. The number of hydrogen-bond acceptors (Lipinski definition) is 2. The van der Waals surface area contributed by atoms with Gasteiger partial charge in [-0.25, -0.2) is 4.79 Å². The van der Waals surface area contributed by atoms with Crippen LogP contribution >= 0.6 is 0 Å². The number of unbranched alkanes of at least 4 members (excludes halogenated alkanes) is 1. The van der Waals surface area contributed by atoms with Gasteiger partial charge in [0.15, 0.2) is 0 Å². The maximum absolute atomic E-state index is 12.3. The molecule has 0 aromatic heterocycles. The lowest BCUT2D eigenvalue weighted by Gasteiger charge is -2.37. The Hall–Kier alpha value is -1.31. The largest absolute Gasteiger partial charge is 0.462 e. The quantitative estimate of drug-likeness (QED) is 0.396. The van der Waals surface area contributed by atoms with Crippen molar-refractivity contribution in [3.63, 3.8) is 0 Å². The molecule has 0 fully saturated rings. The van der Waals surface area contributed by atoms with Gasteiger partial charge >= 0.3 is 5.97 Å². The molecule has 0 saturated carbocycles. The van der Waals surface area contributed by atoms with Crippen LogP contribution < -0.4 is 0 Å². The van der Waals surface area contributed by atoms with Crippen LogP contribution in [0.15, 0.2) is 24.3 Å². The molecule has 1 unspecified atom stereocenters. The second kappa shape index (κ2) is 8.69. The van der Waals surface area contributed by atoms with Crippen molar-refractivity contribution >= 4 is 5.97 Å². The Labute approximate surface area is 149 Å². The molecule has 1 rings (SSSR count). The summed E-state index contributed by atoms with van der Waals surface area (Å²) >= 11 is 0. The summed E-state index contributed by atoms with van der Waals surface area (Å²) in [7, 11) is 0. The van der Waals surface area contributed by atoms with Crippen LogP contribution in [-0.2, 0) is 4.74 Å². The topological polar surface area (TPSA) is 26.3 Å². The van der Waals surface area contributed by atoms with Gasteiger partial charge < -0.3 is 4.74 Å². The minimum Gasteiger partial charge on any atom is -0.462 e. The van der Waals surface area contributed by atoms with Crippen molar-refractivity contribution in [1.29, 1.82) is 0 Å². The zero-order chi connectivity index (χ0) is 18.4. The highest BCUT2D eigenvalue weighted by Gasteiger charge is 2.31. The van der Waals surface area contributed by atoms with Gasteiger partial charge in [0.25, 0.3) is 0 Å². The monoisotopic (exact) mass is 332 g/mol. The summed E-state index contributed by atoms with van der Waals surface area (Å²) in [5.41, 5.74) is 2.35. The predicted octanol–water partition coefficient (Wildman–Crippen LogP) is 6.60. The minimum absolute atomic E-state index is 0.150. The van der Waals surface area contributed by atoms with Crippen LogP contribution in [0.1, 0.15) is 96.0 Å². The molecule has 2 heteroatoms. The zero-order valence-electron chi connectivity index (χ0n) is 16.7. The summed E-state index contributed by atoms with van der Waals surface area (Å²) in [6.45, 7) is 16.4. The van der Waals surface area contributed by atoms with Crippen molar-refractivity contribution in [2.45, 2.75) is 80.1 Å². The van der Waals surface area contributed by atoms with Gasteiger partial charge in [0.2, 0.25) is 0 Å². The summed E-state index contributed by atoms with van der Waals surface area (Å²) in [5.74, 6) is 0.212. The molecule has 1 atom stereocenters. The third-order valence-corrected chi connectivity index (χ3v) is 5.01. The van der Waals surface area contributed by atoms with Crippen LogP contribution in [0, 0.1) is 10.8 Å². The van der Waals surface area contributed by atoms with E-state index in [0.717, 1.165) is 25.7 Å². The van der Waals surface area contributed by atoms with Crippen molar-refractivity contribution in [1.82, 2.24) is 0 Å². The summed E-state index contributed by atoms with van der Waals surface area (Å²) in [4.78, 5) is 12.3. The van der Waals surface area contributed by atoms with Crippen molar-refractivity contribution in [3.05, 3.63) is 35.4 Å². The average Bonchev–Trinajstić information content (AvgIpc) is 2.52. The summed E-state index contributed by atoms with van der Waals surface area (Å²) in [5, 5.41) is 0. The number of benzene rings is 1.